The molecular weight excluding hydrogens is 428 g/mol. The summed E-state index contributed by atoms with van der Waals surface area (Å²) in [7, 11) is -5.38. The van der Waals surface area contributed by atoms with Crippen LogP contribution in [0.2, 0.25) is 18.1 Å². The summed E-state index contributed by atoms with van der Waals surface area (Å²) in [5, 5.41) is 0.120. The molecule has 0 amide bonds. The predicted molar refractivity (Wildman–Crippen MR) is 127 cm³/mol. The van der Waals surface area contributed by atoms with Crippen molar-refractivity contribution in [3.05, 3.63) is 30.3 Å². The van der Waals surface area contributed by atoms with Crippen molar-refractivity contribution in [3.63, 3.8) is 0 Å². The van der Waals surface area contributed by atoms with Gasteiger partial charge >= 0.3 is 0 Å². The fourth-order valence-electron chi connectivity index (χ4n) is 4.05. The number of carbonyl (C=O) groups is 1. The fraction of sp³-hybridized carbons (Fsp3) is 0.708. The van der Waals surface area contributed by atoms with Gasteiger partial charge in [0, 0.05) is 18.4 Å². The summed E-state index contributed by atoms with van der Waals surface area (Å²) in [4.78, 5) is 11.6. The number of carbonyl (C=O) groups excluding carboxylic acids is 1. The van der Waals surface area contributed by atoms with Crippen LogP contribution in [0.25, 0.3) is 0 Å². The van der Waals surface area contributed by atoms with Crippen molar-refractivity contribution in [3.8, 4) is 0 Å². The highest BCUT2D eigenvalue weighted by Gasteiger charge is 2.45. The van der Waals surface area contributed by atoms with E-state index in [2.05, 4.69) is 47.7 Å². The van der Waals surface area contributed by atoms with Crippen LogP contribution in [0.4, 0.5) is 0 Å². The zero-order valence-corrected chi connectivity index (χ0v) is 21.9. The molecule has 1 heterocycles. The van der Waals surface area contributed by atoms with E-state index in [9.17, 15) is 13.2 Å². The Kier molecular flexibility index (Phi) is 8.70. The minimum Gasteiger partial charge on any atom is -0.414 e. The number of hydrogen-bond acceptors (Lipinski definition) is 5. The summed E-state index contributed by atoms with van der Waals surface area (Å²) < 4.78 is 38.9. The van der Waals surface area contributed by atoms with Crippen LogP contribution in [0.3, 0.4) is 0 Å². The van der Waals surface area contributed by atoms with Crippen molar-refractivity contribution in [2.75, 3.05) is 5.75 Å². The lowest BCUT2D eigenvalue weighted by Crippen LogP contribution is -2.44. The van der Waals surface area contributed by atoms with Crippen molar-refractivity contribution in [2.24, 2.45) is 11.8 Å². The molecule has 1 aromatic carbocycles. The smallest absolute Gasteiger partial charge is 0.192 e. The summed E-state index contributed by atoms with van der Waals surface area (Å²) in [5.41, 5.74) is 0. The largest absolute Gasteiger partial charge is 0.414 e. The average molecular weight is 469 g/mol. The molecule has 7 heteroatoms. The van der Waals surface area contributed by atoms with Gasteiger partial charge in [-0.25, -0.2) is 8.42 Å². The quantitative estimate of drug-likeness (QED) is 0.346. The van der Waals surface area contributed by atoms with Gasteiger partial charge < -0.3 is 14.0 Å². The van der Waals surface area contributed by atoms with Gasteiger partial charge in [-0.15, -0.1) is 0 Å². The van der Waals surface area contributed by atoms with Crippen LogP contribution in [0, 0.1) is 11.8 Å². The van der Waals surface area contributed by atoms with E-state index in [1.54, 1.807) is 30.3 Å². The van der Waals surface area contributed by atoms with Gasteiger partial charge in [0.05, 0.1) is 22.9 Å². The minimum absolute atomic E-state index is 0.00688. The molecule has 176 valence electrons. The predicted octanol–water partition coefficient (Wildman–Crippen LogP) is 5.26. The van der Waals surface area contributed by atoms with Gasteiger partial charge in [-0.3, -0.25) is 0 Å². The van der Waals surface area contributed by atoms with E-state index in [0.717, 1.165) is 19.1 Å². The van der Waals surface area contributed by atoms with E-state index >= 15 is 0 Å². The van der Waals surface area contributed by atoms with Crippen molar-refractivity contribution in [1.82, 2.24) is 0 Å². The molecule has 0 aliphatic carbocycles. The first-order chi connectivity index (χ1) is 14.3. The number of benzene rings is 1. The third kappa shape index (κ3) is 6.50. The summed E-state index contributed by atoms with van der Waals surface area (Å²) in [6, 6.07) is 8.53. The molecule has 1 aliphatic heterocycles. The Morgan fingerprint density at radius 3 is 2.29 bits per heavy atom. The van der Waals surface area contributed by atoms with Crippen molar-refractivity contribution in [1.29, 1.82) is 0 Å². The molecule has 0 aromatic heterocycles. The molecule has 1 aliphatic rings. The van der Waals surface area contributed by atoms with E-state index in [1.807, 2.05) is 0 Å². The molecule has 5 atom stereocenters. The summed E-state index contributed by atoms with van der Waals surface area (Å²) in [6.45, 7) is 15.4. The van der Waals surface area contributed by atoms with Gasteiger partial charge in [0.2, 0.25) is 0 Å². The third-order valence-electron chi connectivity index (χ3n) is 7.15. The molecule has 0 unspecified atom stereocenters. The summed E-state index contributed by atoms with van der Waals surface area (Å²) >= 11 is 0. The Labute approximate surface area is 190 Å². The lowest BCUT2D eigenvalue weighted by atomic mass is 9.87. The Balaban J connectivity index is 2.17. The second-order valence-corrected chi connectivity index (χ2v) is 17.2. The standard InChI is InChI=1S/C24H40O5SSi/c1-8-19(29-31(6,7)24(3,4)5)16-23-18(2)21(22(28-23)14-15-25)17-30(26,27)20-12-10-9-11-13-20/h9-13,15,18-19,21-23H,8,14,16-17H2,1-7H3/t18-,19-,21-,22+,23-/m1/s1. The summed E-state index contributed by atoms with van der Waals surface area (Å²) in [6.07, 6.45) is 2.24. The maximum atomic E-state index is 13.0. The second kappa shape index (κ2) is 10.3. The maximum absolute atomic E-state index is 13.0. The van der Waals surface area contributed by atoms with Crippen LogP contribution in [0.15, 0.2) is 35.2 Å². The molecule has 1 aromatic rings. The highest BCUT2D eigenvalue weighted by molar-refractivity contribution is 7.91. The Bertz CT molecular complexity index is 816. The van der Waals surface area contributed by atoms with Gasteiger partial charge in [-0.2, -0.15) is 0 Å². The van der Waals surface area contributed by atoms with E-state index < -0.39 is 18.2 Å². The number of aldehydes is 1. The van der Waals surface area contributed by atoms with Crippen LogP contribution in [-0.2, 0) is 23.8 Å². The molecule has 0 bridgehead atoms. The normalized spacial score (nSPS) is 26.0. The molecule has 0 spiro atoms. The van der Waals surface area contributed by atoms with E-state index in [1.165, 1.54) is 0 Å². The molecule has 31 heavy (non-hydrogen) atoms. The summed E-state index contributed by atoms with van der Waals surface area (Å²) in [5.74, 6) is -0.195. The number of hydrogen-bond donors (Lipinski definition) is 0. The Hall–Kier alpha value is -1.02. The first kappa shape index (κ1) is 26.2. The topological polar surface area (TPSA) is 69.7 Å². The third-order valence-corrected chi connectivity index (χ3v) is 13.5. The fourth-order valence-corrected chi connectivity index (χ4v) is 7.29. The molecule has 0 saturated carbocycles. The van der Waals surface area contributed by atoms with Crippen molar-refractivity contribution < 1.29 is 22.4 Å². The highest BCUT2D eigenvalue weighted by atomic mass is 32.2. The molecule has 1 saturated heterocycles. The lowest BCUT2D eigenvalue weighted by molar-refractivity contribution is -0.110. The first-order valence-corrected chi connectivity index (χ1v) is 15.9. The van der Waals surface area contributed by atoms with Crippen LogP contribution < -0.4 is 0 Å². The van der Waals surface area contributed by atoms with Crippen molar-refractivity contribution in [2.45, 2.75) is 95.2 Å². The van der Waals surface area contributed by atoms with Gasteiger partial charge in [0.15, 0.2) is 18.2 Å². The van der Waals surface area contributed by atoms with E-state index in [0.29, 0.717) is 4.90 Å². The number of sulfone groups is 1. The second-order valence-electron chi connectivity index (χ2n) is 10.4. The highest BCUT2D eigenvalue weighted by Crippen LogP contribution is 2.41. The zero-order valence-electron chi connectivity index (χ0n) is 20.1. The molecular formula is C24H40O5SSi. The van der Waals surface area contributed by atoms with Crippen LogP contribution in [0.1, 0.15) is 53.9 Å². The van der Waals surface area contributed by atoms with Crippen LogP contribution >= 0.6 is 0 Å². The van der Waals surface area contributed by atoms with Crippen LogP contribution in [0.5, 0.6) is 0 Å². The Morgan fingerprint density at radius 1 is 1.16 bits per heavy atom. The molecule has 0 radical (unpaired) electrons. The molecule has 1 fully saturated rings. The van der Waals surface area contributed by atoms with Gasteiger partial charge in [0.1, 0.15) is 6.29 Å². The van der Waals surface area contributed by atoms with Gasteiger partial charge in [0.25, 0.3) is 0 Å². The first-order valence-electron chi connectivity index (χ1n) is 11.4. The minimum atomic E-state index is -3.45. The average Bonchev–Trinajstić information content (AvgIpc) is 2.96. The van der Waals surface area contributed by atoms with E-state index in [4.69, 9.17) is 9.16 Å². The monoisotopic (exact) mass is 468 g/mol. The number of rotatable bonds is 10. The number of ether oxygens (including phenoxy) is 1. The molecule has 0 N–H and O–H groups in total. The molecule has 5 nitrogen and oxygen atoms in total. The van der Waals surface area contributed by atoms with Crippen molar-refractivity contribution >= 4 is 24.4 Å². The Morgan fingerprint density at radius 2 is 1.77 bits per heavy atom. The van der Waals surface area contributed by atoms with Crippen LogP contribution in [-0.4, -0.2) is 47.1 Å². The maximum Gasteiger partial charge on any atom is 0.192 e. The van der Waals surface area contributed by atoms with E-state index in [-0.39, 0.29) is 47.4 Å². The van der Waals surface area contributed by atoms with Gasteiger partial charge in [-0.05, 0) is 49.0 Å². The zero-order chi connectivity index (χ0) is 23.4. The molecule has 2 rings (SSSR count). The lowest BCUT2D eigenvalue weighted by Gasteiger charge is -2.40. The SMILES string of the molecule is CC[C@H](C[C@H]1O[C@@H](CC=O)[C@H](CS(=O)(=O)c2ccccc2)[C@H]1C)O[Si](C)(C)C(C)(C)C. The van der Waals surface area contributed by atoms with Gasteiger partial charge in [-0.1, -0.05) is 52.8 Å².